The number of nitrogens with one attached hydrogen (secondary N) is 1. The fourth-order valence-electron chi connectivity index (χ4n) is 6.04. The molecule has 4 aliphatic rings. The zero-order valence-electron chi connectivity index (χ0n) is 15.3. The fraction of sp³-hybridized carbons (Fsp3) is 0.591. The van der Waals surface area contributed by atoms with Gasteiger partial charge in [0.15, 0.2) is 0 Å². The Hall–Kier alpha value is -1.77. The van der Waals surface area contributed by atoms with Crippen molar-refractivity contribution in [3.05, 3.63) is 35.9 Å². The summed E-state index contributed by atoms with van der Waals surface area (Å²) in [5, 5.41) is 3.28. The van der Waals surface area contributed by atoms with Gasteiger partial charge in [0, 0.05) is 12.1 Å². The van der Waals surface area contributed by atoms with E-state index >= 15 is 0 Å². The van der Waals surface area contributed by atoms with E-state index in [0.29, 0.717) is 5.41 Å². The Bertz CT molecular complexity index is 643. The molecule has 4 saturated carbocycles. The lowest BCUT2D eigenvalue weighted by molar-refractivity contribution is -0.121. The van der Waals surface area contributed by atoms with Gasteiger partial charge in [-0.3, -0.25) is 4.79 Å². The van der Waals surface area contributed by atoms with E-state index in [0.717, 1.165) is 29.1 Å². The number of amides is 1. The van der Waals surface area contributed by atoms with E-state index in [1.165, 1.54) is 38.5 Å². The van der Waals surface area contributed by atoms with Gasteiger partial charge < -0.3 is 10.1 Å². The Morgan fingerprint density at radius 3 is 2.44 bits per heavy atom. The topological polar surface area (TPSA) is 38.3 Å². The first-order valence-corrected chi connectivity index (χ1v) is 9.69. The van der Waals surface area contributed by atoms with Gasteiger partial charge in [-0.2, -0.15) is 0 Å². The van der Waals surface area contributed by atoms with E-state index in [2.05, 4.69) is 12.2 Å². The summed E-state index contributed by atoms with van der Waals surface area (Å²) in [4.78, 5) is 12.4. The molecule has 4 fully saturated rings. The molecular formula is C22H29NO2. The van der Waals surface area contributed by atoms with Crippen molar-refractivity contribution in [2.24, 2.45) is 23.2 Å². The van der Waals surface area contributed by atoms with Crippen LogP contribution in [0.2, 0.25) is 0 Å². The molecule has 1 aromatic rings. The fourth-order valence-corrected chi connectivity index (χ4v) is 6.04. The summed E-state index contributed by atoms with van der Waals surface area (Å²) in [6.45, 7) is 2.23. The molecule has 0 heterocycles. The van der Waals surface area contributed by atoms with Crippen molar-refractivity contribution in [3.63, 3.8) is 0 Å². The maximum atomic E-state index is 12.4. The molecule has 25 heavy (non-hydrogen) atoms. The summed E-state index contributed by atoms with van der Waals surface area (Å²) < 4.78 is 5.23. The first-order chi connectivity index (χ1) is 12.1. The zero-order chi connectivity index (χ0) is 17.4. The Morgan fingerprint density at radius 2 is 1.84 bits per heavy atom. The van der Waals surface area contributed by atoms with Crippen LogP contribution in [0.3, 0.4) is 0 Å². The van der Waals surface area contributed by atoms with Crippen molar-refractivity contribution in [2.45, 2.75) is 51.5 Å². The van der Waals surface area contributed by atoms with Crippen LogP contribution in [0.5, 0.6) is 5.75 Å². The minimum Gasteiger partial charge on any atom is -0.497 e. The molecule has 0 spiro atoms. The molecule has 1 atom stereocenters. The second-order valence-corrected chi connectivity index (χ2v) is 8.62. The van der Waals surface area contributed by atoms with Crippen LogP contribution in [-0.2, 0) is 4.79 Å². The van der Waals surface area contributed by atoms with Crippen molar-refractivity contribution in [3.8, 4) is 5.75 Å². The van der Waals surface area contributed by atoms with Crippen LogP contribution in [0.25, 0.3) is 6.08 Å². The summed E-state index contributed by atoms with van der Waals surface area (Å²) in [5.74, 6) is 3.57. The lowest BCUT2D eigenvalue weighted by Crippen LogP contribution is -2.55. The molecule has 5 rings (SSSR count). The molecule has 3 heteroatoms. The van der Waals surface area contributed by atoms with E-state index in [1.54, 1.807) is 13.2 Å². The summed E-state index contributed by atoms with van der Waals surface area (Å²) in [7, 11) is 1.66. The molecular weight excluding hydrogens is 310 g/mol. The Morgan fingerprint density at radius 1 is 1.20 bits per heavy atom. The number of carbonyl (C=O) groups excluding carboxylic acids is 1. The maximum absolute atomic E-state index is 12.4. The SMILES string of the molecule is COc1cccc(/C=C/C(=O)N[C@@H](C)C23CC4CC(CC(C4)C2)C3)c1. The van der Waals surface area contributed by atoms with Crippen LogP contribution in [-0.4, -0.2) is 19.1 Å². The van der Waals surface area contributed by atoms with E-state index in [1.807, 2.05) is 30.3 Å². The Labute approximate surface area is 150 Å². The monoisotopic (exact) mass is 339 g/mol. The molecule has 0 radical (unpaired) electrons. The average Bonchev–Trinajstić information content (AvgIpc) is 2.59. The standard InChI is InChI=1S/C22H29NO2/c1-15(22-12-17-8-18(13-22)10-19(9-17)14-22)23-21(24)7-6-16-4-3-5-20(11-16)25-2/h3-7,11,15,17-19H,8-10,12-14H2,1-2H3,(H,23,24)/b7-6+/t15-,17?,18?,19?,22?/m0/s1. The smallest absolute Gasteiger partial charge is 0.244 e. The molecule has 0 unspecified atom stereocenters. The number of methoxy groups -OCH3 is 1. The van der Waals surface area contributed by atoms with Gasteiger partial charge in [-0.1, -0.05) is 12.1 Å². The molecule has 1 amide bonds. The van der Waals surface area contributed by atoms with Crippen molar-refractivity contribution in [1.29, 1.82) is 0 Å². The van der Waals surface area contributed by atoms with Crippen LogP contribution < -0.4 is 10.1 Å². The van der Waals surface area contributed by atoms with Crippen LogP contribution in [0.4, 0.5) is 0 Å². The molecule has 0 aliphatic heterocycles. The normalized spacial score (nSPS) is 34.2. The number of benzene rings is 1. The Balaban J connectivity index is 1.40. The van der Waals surface area contributed by atoms with Crippen molar-refractivity contribution >= 4 is 12.0 Å². The van der Waals surface area contributed by atoms with Crippen molar-refractivity contribution < 1.29 is 9.53 Å². The van der Waals surface area contributed by atoms with Gasteiger partial charge in [0.05, 0.1) is 7.11 Å². The van der Waals surface area contributed by atoms with Crippen LogP contribution >= 0.6 is 0 Å². The van der Waals surface area contributed by atoms with E-state index < -0.39 is 0 Å². The second kappa shape index (κ2) is 6.51. The third-order valence-electron chi connectivity index (χ3n) is 6.88. The molecule has 4 aliphatic carbocycles. The van der Waals surface area contributed by atoms with Gasteiger partial charge in [0.25, 0.3) is 0 Å². The van der Waals surface area contributed by atoms with Gasteiger partial charge in [0.1, 0.15) is 5.75 Å². The molecule has 3 nitrogen and oxygen atoms in total. The molecule has 0 aromatic heterocycles. The minimum absolute atomic E-state index is 0.0195. The van der Waals surface area contributed by atoms with Gasteiger partial charge in [-0.25, -0.2) is 0 Å². The highest BCUT2D eigenvalue weighted by Gasteiger charge is 2.53. The van der Waals surface area contributed by atoms with Gasteiger partial charge in [-0.05, 0) is 92.4 Å². The summed E-state index contributed by atoms with van der Waals surface area (Å²) in [6.07, 6.45) is 11.8. The van der Waals surface area contributed by atoms with Gasteiger partial charge in [-0.15, -0.1) is 0 Å². The number of carbonyl (C=O) groups is 1. The van der Waals surface area contributed by atoms with Gasteiger partial charge >= 0.3 is 0 Å². The largest absolute Gasteiger partial charge is 0.497 e. The minimum atomic E-state index is 0.0195. The van der Waals surface area contributed by atoms with Crippen LogP contribution in [0.1, 0.15) is 51.0 Å². The van der Waals surface area contributed by atoms with E-state index in [9.17, 15) is 4.79 Å². The lowest BCUT2D eigenvalue weighted by atomic mass is 9.48. The number of hydrogen-bond donors (Lipinski definition) is 1. The van der Waals surface area contributed by atoms with Crippen molar-refractivity contribution in [1.82, 2.24) is 5.32 Å². The van der Waals surface area contributed by atoms with Crippen LogP contribution in [0.15, 0.2) is 30.3 Å². The van der Waals surface area contributed by atoms with Crippen LogP contribution in [0, 0.1) is 23.2 Å². The Kier molecular flexibility index (Phi) is 4.35. The number of rotatable bonds is 5. The first kappa shape index (κ1) is 16.7. The highest BCUT2D eigenvalue weighted by molar-refractivity contribution is 5.92. The van der Waals surface area contributed by atoms with E-state index in [4.69, 9.17) is 4.74 Å². The number of ether oxygens (including phenoxy) is 1. The highest BCUT2D eigenvalue weighted by Crippen LogP contribution is 2.61. The molecule has 134 valence electrons. The lowest BCUT2D eigenvalue weighted by Gasteiger charge is -2.59. The molecule has 1 aromatic carbocycles. The predicted octanol–water partition coefficient (Wildman–Crippen LogP) is 4.43. The third kappa shape index (κ3) is 3.33. The predicted molar refractivity (Wildman–Crippen MR) is 100 cm³/mol. The molecule has 0 saturated heterocycles. The third-order valence-corrected chi connectivity index (χ3v) is 6.88. The van der Waals surface area contributed by atoms with Crippen molar-refractivity contribution in [2.75, 3.05) is 7.11 Å². The zero-order valence-corrected chi connectivity index (χ0v) is 15.3. The second-order valence-electron chi connectivity index (χ2n) is 8.62. The molecule has 4 bridgehead atoms. The summed E-state index contributed by atoms with van der Waals surface area (Å²) in [6, 6.07) is 8.03. The molecule has 1 N–H and O–H groups in total. The van der Waals surface area contributed by atoms with E-state index in [-0.39, 0.29) is 11.9 Å². The number of hydrogen-bond acceptors (Lipinski definition) is 2. The summed E-state index contributed by atoms with van der Waals surface area (Å²) in [5.41, 5.74) is 1.34. The quantitative estimate of drug-likeness (QED) is 0.806. The average molecular weight is 339 g/mol. The first-order valence-electron chi connectivity index (χ1n) is 9.69. The highest BCUT2D eigenvalue weighted by atomic mass is 16.5. The van der Waals surface area contributed by atoms with Gasteiger partial charge in [0.2, 0.25) is 5.91 Å². The maximum Gasteiger partial charge on any atom is 0.244 e. The summed E-state index contributed by atoms with van der Waals surface area (Å²) >= 11 is 0.